The third kappa shape index (κ3) is 4.10. The Hall–Kier alpha value is -3.98. The van der Waals surface area contributed by atoms with Crippen LogP contribution in [0.3, 0.4) is 0 Å². The molecule has 0 aliphatic rings. The average molecular weight is 451 g/mol. The summed E-state index contributed by atoms with van der Waals surface area (Å²) in [5.74, 6) is -0.554. The van der Waals surface area contributed by atoms with Crippen LogP contribution in [0.15, 0.2) is 60.0 Å². The Morgan fingerprint density at radius 3 is 2.47 bits per heavy atom. The quantitative estimate of drug-likeness (QED) is 0.444. The third-order valence-corrected chi connectivity index (χ3v) is 5.75. The van der Waals surface area contributed by atoms with Crippen molar-refractivity contribution in [1.29, 1.82) is 0 Å². The van der Waals surface area contributed by atoms with Crippen molar-refractivity contribution in [2.45, 2.75) is 0 Å². The molecule has 2 amide bonds. The van der Waals surface area contributed by atoms with Crippen molar-refractivity contribution in [2.24, 2.45) is 0 Å². The number of ether oxygens (including phenoxy) is 2. The number of fused-ring (bicyclic) bond motifs is 1. The van der Waals surface area contributed by atoms with Crippen LogP contribution in [0.5, 0.6) is 11.5 Å². The first kappa shape index (κ1) is 21.3. The van der Waals surface area contributed by atoms with E-state index in [1.165, 1.54) is 43.8 Å². The first-order valence-corrected chi connectivity index (χ1v) is 10.4. The van der Waals surface area contributed by atoms with Crippen molar-refractivity contribution in [3.8, 4) is 22.8 Å². The van der Waals surface area contributed by atoms with Gasteiger partial charge in [0.1, 0.15) is 11.5 Å². The number of amides is 2. The highest BCUT2D eigenvalue weighted by atomic mass is 32.1. The summed E-state index contributed by atoms with van der Waals surface area (Å²) in [4.78, 5) is 29.3. The molecule has 4 rings (SSSR count). The van der Waals surface area contributed by atoms with Gasteiger partial charge >= 0.3 is 0 Å². The zero-order valence-corrected chi connectivity index (χ0v) is 18.0. The molecule has 0 bridgehead atoms. The number of carbonyl (C=O) groups excluding carboxylic acids is 2. The van der Waals surface area contributed by atoms with Crippen LogP contribution in [0.1, 0.15) is 20.8 Å². The van der Waals surface area contributed by atoms with Crippen molar-refractivity contribution in [3.63, 3.8) is 0 Å². The molecule has 0 saturated heterocycles. The highest BCUT2D eigenvalue weighted by Gasteiger charge is 2.15. The Balaban J connectivity index is 1.50. The van der Waals surface area contributed by atoms with Gasteiger partial charge in [-0.3, -0.25) is 20.4 Å². The summed E-state index contributed by atoms with van der Waals surface area (Å²) < 4.78 is 24.9. The molecule has 0 saturated carbocycles. The van der Waals surface area contributed by atoms with Crippen LogP contribution in [0.25, 0.3) is 21.3 Å². The van der Waals surface area contributed by atoms with Crippen LogP contribution in [0.2, 0.25) is 0 Å². The molecule has 162 valence electrons. The number of hydrogen-bond acceptors (Lipinski definition) is 6. The second-order valence-electron chi connectivity index (χ2n) is 6.65. The molecule has 0 unspecified atom stereocenters. The molecule has 0 radical (unpaired) electrons. The predicted octanol–water partition coefficient (Wildman–Crippen LogP) is 4.19. The van der Waals surface area contributed by atoms with E-state index < -0.39 is 11.8 Å². The van der Waals surface area contributed by atoms with Gasteiger partial charge in [0.25, 0.3) is 11.8 Å². The molecule has 0 spiro atoms. The Morgan fingerprint density at radius 1 is 0.938 bits per heavy atom. The lowest BCUT2D eigenvalue weighted by Gasteiger charge is -2.11. The summed E-state index contributed by atoms with van der Waals surface area (Å²) in [6.07, 6.45) is 0. The number of benzene rings is 2. The molecule has 0 atom stereocenters. The minimum atomic E-state index is -0.591. The molecule has 0 fully saturated rings. The molecule has 2 aromatic carbocycles. The number of nitrogens with one attached hydrogen (secondary N) is 2. The first-order chi connectivity index (χ1) is 15.5. The van der Waals surface area contributed by atoms with Gasteiger partial charge in [-0.05, 0) is 36.4 Å². The van der Waals surface area contributed by atoms with E-state index in [4.69, 9.17) is 9.47 Å². The van der Waals surface area contributed by atoms with Gasteiger partial charge in [-0.1, -0.05) is 18.2 Å². The number of hydrogen-bond donors (Lipinski definition) is 2. The monoisotopic (exact) mass is 451 g/mol. The van der Waals surface area contributed by atoms with Crippen molar-refractivity contribution < 1.29 is 23.5 Å². The molecule has 0 aliphatic carbocycles. The lowest BCUT2D eigenvalue weighted by atomic mass is 10.1. The predicted molar refractivity (Wildman–Crippen MR) is 119 cm³/mol. The van der Waals surface area contributed by atoms with Gasteiger partial charge in [-0.15, -0.1) is 11.3 Å². The highest BCUT2D eigenvalue weighted by Crippen LogP contribution is 2.34. The van der Waals surface area contributed by atoms with Gasteiger partial charge in [0, 0.05) is 21.9 Å². The van der Waals surface area contributed by atoms with E-state index in [0.29, 0.717) is 21.9 Å². The van der Waals surface area contributed by atoms with Gasteiger partial charge < -0.3 is 9.47 Å². The van der Waals surface area contributed by atoms with Crippen molar-refractivity contribution in [1.82, 2.24) is 15.8 Å². The highest BCUT2D eigenvalue weighted by molar-refractivity contribution is 7.17. The molecule has 32 heavy (non-hydrogen) atoms. The minimum absolute atomic E-state index is 0.103. The maximum absolute atomic E-state index is 14.0. The minimum Gasteiger partial charge on any atom is -0.493 e. The van der Waals surface area contributed by atoms with Gasteiger partial charge in [0.15, 0.2) is 11.5 Å². The number of nitrogens with zero attached hydrogens (tertiary/aromatic N) is 1. The van der Waals surface area contributed by atoms with E-state index >= 15 is 0 Å². The largest absolute Gasteiger partial charge is 0.493 e. The lowest BCUT2D eigenvalue weighted by molar-refractivity contribution is 0.0844. The van der Waals surface area contributed by atoms with Crippen LogP contribution >= 0.6 is 11.3 Å². The number of thiophene rings is 1. The van der Waals surface area contributed by atoms with E-state index in [1.807, 2.05) is 6.07 Å². The van der Waals surface area contributed by atoms with Gasteiger partial charge in [0.2, 0.25) is 0 Å². The second-order valence-corrected chi connectivity index (χ2v) is 7.53. The maximum Gasteiger partial charge on any atom is 0.288 e. The van der Waals surface area contributed by atoms with Crippen LogP contribution in [-0.4, -0.2) is 31.0 Å². The van der Waals surface area contributed by atoms with Crippen molar-refractivity contribution in [2.75, 3.05) is 14.2 Å². The normalized spacial score (nSPS) is 10.6. The SMILES string of the molecule is COc1ccc(C(=O)NNC(=O)c2cccc(-c3csc4c(F)cccc34)n2)cc1OC. The second kappa shape index (κ2) is 9.03. The summed E-state index contributed by atoms with van der Waals surface area (Å²) in [6, 6.07) is 14.4. The summed E-state index contributed by atoms with van der Waals surface area (Å²) >= 11 is 1.28. The molecule has 2 N–H and O–H groups in total. The van der Waals surface area contributed by atoms with Crippen molar-refractivity contribution in [3.05, 3.63) is 77.1 Å². The Kier molecular flexibility index (Phi) is 6.00. The van der Waals surface area contributed by atoms with Gasteiger partial charge in [-0.25, -0.2) is 9.37 Å². The van der Waals surface area contributed by atoms with E-state index in [9.17, 15) is 14.0 Å². The molecule has 2 heterocycles. The van der Waals surface area contributed by atoms with E-state index in [-0.39, 0.29) is 17.1 Å². The zero-order valence-electron chi connectivity index (χ0n) is 17.1. The smallest absolute Gasteiger partial charge is 0.288 e. The zero-order chi connectivity index (χ0) is 22.7. The number of halogens is 1. The number of aromatic nitrogens is 1. The first-order valence-electron chi connectivity index (χ1n) is 9.47. The fourth-order valence-corrected chi connectivity index (χ4v) is 4.13. The fraction of sp³-hybridized carbons (Fsp3) is 0.0870. The number of pyridine rings is 1. The molecule has 4 aromatic rings. The van der Waals surface area contributed by atoms with Gasteiger partial charge in [-0.2, -0.15) is 0 Å². The molecule has 0 aliphatic heterocycles. The third-order valence-electron chi connectivity index (χ3n) is 4.74. The summed E-state index contributed by atoms with van der Waals surface area (Å²) in [7, 11) is 2.96. The van der Waals surface area contributed by atoms with Crippen LogP contribution < -0.4 is 20.3 Å². The Morgan fingerprint density at radius 2 is 1.69 bits per heavy atom. The Bertz CT molecular complexity index is 1320. The number of rotatable bonds is 5. The number of carbonyl (C=O) groups is 2. The van der Waals surface area contributed by atoms with Crippen molar-refractivity contribution >= 4 is 33.2 Å². The topological polar surface area (TPSA) is 89.6 Å². The average Bonchev–Trinajstić information content (AvgIpc) is 3.27. The Labute approximate surface area is 186 Å². The summed E-state index contributed by atoms with van der Waals surface area (Å²) in [5.41, 5.74) is 6.34. The van der Waals surface area contributed by atoms with Crippen LogP contribution in [-0.2, 0) is 0 Å². The molecular formula is C23H18FN3O4S. The summed E-state index contributed by atoms with van der Waals surface area (Å²) in [6.45, 7) is 0. The number of hydrazine groups is 1. The van der Waals surface area contributed by atoms with E-state index in [0.717, 1.165) is 10.9 Å². The number of methoxy groups -OCH3 is 2. The van der Waals surface area contributed by atoms with Gasteiger partial charge in [0.05, 0.1) is 24.6 Å². The fourth-order valence-electron chi connectivity index (χ4n) is 3.16. The van der Waals surface area contributed by atoms with Crippen LogP contribution in [0, 0.1) is 5.82 Å². The van der Waals surface area contributed by atoms with E-state index in [2.05, 4.69) is 15.8 Å². The molecule has 2 aromatic heterocycles. The van der Waals surface area contributed by atoms with E-state index in [1.54, 1.807) is 35.7 Å². The molecular weight excluding hydrogens is 433 g/mol. The standard InChI is InChI=1S/C23H18FN3O4S/c1-30-19-10-9-13(11-20(19)31-2)22(28)26-27-23(29)18-8-4-7-17(25-18)15-12-32-21-14(15)5-3-6-16(21)24/h3-12H,1-2H3,(H,26,28)(H,27,29). The maximum atomic E-state index is 14.0. The molecule has 7 nitrogen and oxygen atoms in total. The molecule has 9 heteroatoms. The summed E-state index contributed by atoms with van der Waals surface area (Å²) in [5, 5.41) is 2.53. The lowest BCUT2D eigenvalue weighted by Crippen LogP contribution is -2.42. The van der Waals surface area contributed by atoms with Crippen LogP contribution in [0.4, 0.5) is 4.39 Å².